The van der Waals surface area contributed by atoms with Gasteiger partial charge in [-0.25, -0.2) is 14.2 Å². The Balaban J connectivity index is 2.57. The molecule has 0 fully saturated rings. The molecule has 2 aromatic rings. The molecule has 1 aromatic heterocycles. The highest BCUT2D eigenvalue weighted by Crippen LogP contribution is 2.40. The summed E-state index contributed by atoms with van der Waals surface area (Å²) in [6.45, 7) is 8.22. The number of H-pyrrole nitrogens is 1. The predicted molar refractivity (Wildman–Crippen MR) is 77.2 cm³/mol. The molecule has 1 aromatic carbocycles. The molecule has 0 amide bonds. The molecule has 8 heteroatoms. The normalized spacial score (nSPS) is 11.8. The number of alkyl halides is 1. The first-order valence-electron chi connectivity index (χ1n) is 5.70. The summed E-state index contributed by atoms with van der Waals surface area (Å²) >= 11 is 11.8. The Labute approximate surface area is 129 Å². The van der Waals surface area contributed by atoms with Crippen molar-refractivity contribution >= 4 is 28.9 Å². The van der Waals surface area contributed by atoms with Crippen molar-refractivity contribution in [3.8, 4) is 11.5 Å². The Hall–Kier alpha value is -2.10. The van der Waals surface area contributed by atoms with E-state index in [0.29, 0.717) is 0 Å². The molecule has 0 bridgehead atoms. The summed E-state index contributed by atoms with van der Waals surface area (Å²) in [7, 11) is 0. The van der Waals surface area contributed by atoms with Gasteiger partial charge in [-0.1, -0.05) is 23.2 Å². The van der Waals surface area contributed by atoms with Crippen molar-refractivity contribution in [1.29, 1.82) is 0 Å². The van der Waals surface area contributed by atoms with E-state index in [2.05, 4.69) is 14.8 Å². The molecule has 0 radical (unpaired) electrons. The van der Waals surface area contributed by atoms with Crippen LogP contribution in [0.2, 0.25) is 10.0 Å². The van der Waals surface area contributed by atoms with E-state index < -0.39 is 11.7 Å². The molecule has 21 heavy (non-hydrogen) atoms. The molecular weight excluding hydrogens is 320 g/mol. The van der Waals surface area contributed by atoms with Crippen molar-refractivity contribution in [3.05, 3.63) is 56.0 Å². The summed E-state index contributed by atoms with van der Waals surface area (Å²) in [4.78, 5) is 21.0. The maximum Gasteiger partial charge on any atom is 0.294 e. The van der Waals surface area contributed by atoms with Gasteiger partial charge in [0.15, 0.2) is 0 Å². The fourth-order valence-electron chi connectivity index (χ4n) is 1.60. The van der Waals surface area contributed by atoms with Crippen LogP contribution in [-0.2, 0) is 0 Å². The Morgan fingerprint density at radius 3 is 2.81 bits per heavy atom. The molecule has 0 saturated heterocycles. The highest BCUT2D eigenvalue weighted by molar-refractivity contribution is 6.36. The summed E-state index contributed by atoms with van der Waals surface area (Å²) in [6, 6.07) is 2.69. The van der Waals surface area contributed by atoms with Gasteiger partial charge in [0.2, 0.25) is 11.4 Å². The van der Waals surface area contributed by atoms with E-state index in [0.717, 1.165) is 6.33 Å². The zero-order chi connectivity index (χ0) is 15.6. The molecule has 0 spiro atoms. The number of hydrogen-bond donors (Lipinski definition) is 1. The number of benzene rings is 1. The maximum atomic E-state index is 13.5. The maximum absolute atomic E-state index is 13.5. The van der Waals surface area contributed by atoms with E-state index in [9.17, 15) is 9.18 Å². The molecule has 5 nitrogen and oxygen atoms in total. The number of nitrogens with one attached hydrogen (secondary N) is 1. The van der Waals surface area contributed by atoms with E-state index in [1.54, 1.807) is 0 Å². The first-order chi connectivity index (χ1) is 9.93. The quantitative estimate of drug-likeness (QED) is 0.847. The van der Waals surface area contributed by atoms with Crippen LogP contribution in [0.3, 0.4) is 0 Å². The monoisotopic (exact) mass is 327 g/mol. The lowest BCUT2D eigenvalue weighted by Crippen LogP contribution is -2.13. The molecule has 1 N–H and O–H groups in total. The summed E-state index contributed by atoms with van der Waals surface area (Å²) in [5, 5.41) is 0.186. The summed E-state index contributed by atoms with van der Waals surface area (Å²) in [5.74, 6) is -0.344. The van der Waals surface area contributed by atoms with Crippen LogP contribution in [0.1, 0.15) is 18.8 Å². The van der Waals surface area contributed by atoms with Crippen molar-refractivity contribution in [1.82, 2.24) is 9.97 Å². The number of nitrogens with zero attached hydrogens (tertiary/aromatic N) is 2. The molecule has 1 atom stereocenters. The van der Waals surface area contributed by atoms with Crippen LogP contribution in [0.4, 0.5) is 10.1 Å². The van der Waals surface area contributed by atoms with Crippen LogP contribution < -0.4 is 10.3 Å². The van der Waals surface area contributed by atoms with Gasteiger partial charge in [-0.15, -0.1) is 0 Å². The fraction of sp³-hybridized carbons (Fsp3) is 0.154. The van der Waals surface area contributed by atoms with Crippen LogP contribution in [0.25, 0.3) is 4.85 Å². The minimum Gasteiger partial charge on any atom is -0.449 e. The van der Waals surface area contributed by atoms with Crippen molar-refractivity contribution in [2.75, 3.05) is 0 Å². The topological polar surface area (TPSA) is 59.3 Å². The minimum atomic E-state index is -1.51. The van der Waals surface area contributed by atoms with Gasteiger partial charge in [-0.2, -0.15) is 0 Å². The van der Waals surface area contributed by atoms with Crippen molar-refractivity contribution in [2.45, 2.75) is 13.1 Å². The lowest BCUT2D eigenvalue weighted by Gasteiger charge is -2.12. The van der Waals surface area contributed by atoms with E-state index in [1.165, 1.54) is 19.1 Å². The lowest BCUT2D eigenvalue weighted by atomic mass is 10.2. The molecular formula is C13H8Cl2FN3O2. The SMILES string of the molecule is [C-]#[N+]c1cc(Cl)cc(Oc2c(C(C)F)nc[nH]c2=O)c1Cl. The number of halogens is 3. The molecule has 0 aliphatic rings. The molecule has 1 heterocycles. The second kappa shape index (κ2) is 6.12. The third-order valence-electron chi connectivity index (χ3n) is 2.53. The Morgan fingerprint density at radius 1 is 1.48 bits per heavy atom. The predicted octanol–water partition coefficient (Wildman–Crippen LogP) is 4.45. The van der Waals surface area contributed by atoms with Crippen molar-refractivity contribution < 1.29 is 9.13 Å². The summed E-state index contributed by atoms with van der Waals surface area (Å²) < 4.78 is 18.8. The first-order valence-corrected chi connectivity index (χ1v) is 6.45. The van der Waals surface area contributed by atoms with E-state index in [4.69, 9.17) is 34.5 Å². The van der Waals surface area contributed by atoms with Gasteiger partial charge in [0.05, 0.1) is 17.9 Å². The van der Waals surface area contributed by atoms with E-state index in [-0.39, 0.29) is 32.9 Å². The Kier molecular flexibility index (Phi) is 4.46. The molecule has 0 saturated carbocycles. The molecule has 2 rings (SSSR count). The van der Waals surface area contributed by atoms with Gasteiger partial charge in [-0.05, 0) is 19.1 Å². The number of aromatic amines is 1. The zero-order valence-corrected chi connectivity index (χ0v) is 12.2. The van der Waals surface area contributed by atoms with Gasteiger partial charge in [0.1, 0.15) is 17.6 Å². The first kappa shape index (κ1) is 15.3. The van der Waals surface area contributed by atoms with Crippen LogP contribution in [0.15, 0.2) is 23.3 Å². The number of rotatable bonds is 3. The third-order valence-corrected chi connectivity index (χ3v) is 3.13. The Bertz CT molecular complexity index is 784. The average molecular weight is 328 g/mol. The van der Waals surface area contributed by atoms with Gasteiger partial charge in [0, 0.05) is 5.02 Å². The highest BCUT2D eigenvalue weighted by Gasteiger charge is 2.19. The number of aromatic nitrogens is 2. The Morgan fingerprint density at radius 2 is 2.19 bits per heavy atom. The molecule has 0 aliphatic carbocycles. The average Bonchev–Trinajstić information content (AvgIpc) is 2.44. The zero-order valence-electron chi connectivity index (χ0n) is 10.7. The van der Waals surface area contributed by atoms with Crippen LogP contribution in [0, 0.1) is 6.57 Å². The van der Waals surface area contributed by atoms with Crippen LogP contribution in [0.5, 0.6) is 11.5 Å². The van der Waals surface area contributed by atoms with Gasteiger partial charge in [0.25, 0.3) is 5.56 Å². The molecule has 1 unspecified atom stereocenters. The largest absolute Gasteiger partial charge is 0.449 e. The smallest absolute Gasteiger partial charge is 0.294 e. The van der Waals surface area contributed by atoms with Crippen molar-refractivity contribution in [2.24, 2.45) is 0 Å². The highest BCUT2D eigenvalue weighted by atomic mass is 35.5. The lowest BCUT2D eigenvalue weighted by molar-refractivity contribution is 0.347. The van der Waals surface area contributed by atoms with E-state index >= 15 is 0 Å². The van der Waals surface area contributed by atoms with E-state index in [1.807, 2.05) is 0 Å². The molecule has 108 valence electrons. The number of ether oxygens (including phenoxy) is 1. The fourth-order valence-corrected chi connectivity index (χ4v) is 1.99. The second-order valence-corrected chi connectivity index (χ2v) is 4.83. The standard InChI is InChI=1S/C13H8Cl2FN3O2/c1-6(16)11-12(13(20)19-5-18-11)21-9-4-7(14)3-8(17-2)10(9)15/h3-6H,1H3,(H,18,19,20). The third kappa shape index (κ3) is 3.15. The summed E-state index contributed by atoms with van der Waals surface area (Å²) in [5.41, 5.74) is -0.765. The van der Waals surface area contributed by atoms with Crippen LogP contribution >= 0.6 is 23.2 Å². The van der Waals surface area contributed by atoms with Gasteiger partial charge >= 0.3 is 0 Å². The van der Waals surface area contributed by atoms with Crippen LogP contribution in [-0.4, -0.2) is 9.97 Å². The van der Waals surface area contributed by atoms with Crippen molar-refractivity contribution in [3.63, 3.8) is 0 Å². The number of hydrogen-bond acceptors (Lipinski definition) is 3. The minimum absolute atomic E-state index is 0.0180. The van der Waals surface area contributed by atoms with Gasteiger partial charge in [-0.3, -0.25) is 4.79 Å². The molecule has 0 aliphatic heterocycles. The van der Waals surface area contributed by atoms with Gasteiger partial charge < -0.3 is 9.72 Å². The second-order valence-electron chi connectivity index (χ2n) is 4.01. The summed E-state index contributed by atoms with van der Waals surface area (Å²) in [6.07, 6.45) is -0.439.